The van der Waals surface area contributed by atoms with Crippen molar-refractivity contribution in [3.8, 4) is 5.75 Å². The van der Waals surface area contributed by atoms with Crippen molar-refractivity contribution in [2.45, 2.75) is 38.7 Å². The molecule has 1 rings (SSSR count). The molecule has 0 saturated heterocycles. The molecule has 1 atom stereocenters. The molecule has 0 spiro atoms. The summed E-state index contributed by atoms with van der Waals surface area (Å²) >= 11 is 3.40. The third kappa shape index (κ3) is 7.70. The highest BCUT2D eigenvalue weighted by Gasteiger charge is 2.09. The van der Waals surface area contributed by atoms with Gasteiger partial charge in [0.2, 0.25) is 5.91 Å². The zero-order valence-corrected chi connectivity index (χ0v) is 13.6. The summed E-state index contributed by atoms with van der Waals surface area (Å²) in [5.41, 5.74) is 0. The van der Waals surface area contributed by atoms with Crippen molar-refractivity contribution in [3.05, 3.63) is 28.7 Å². The Morgan fingerprint density at radius 3 is 2.62 bits per heavy atom. The van der Waals surface area contributed by atoms with E-state index < -0.39 is 5.97 Å². The van der Waals surface area contributed by atoms with Crippen molar-refractivity contribution in [1.82, 2.24) is 5.32 Å². The average Bonchev–Trinajstić information content (AvgIpc) is 2.44. The summed E-state index contributed by atoms with van der Waals surface area (Å²) in [4.78, 5) is 21.9. The molecule has 0 saturated carbocycles. The largest absolute Gasteiger partial charge is 0.488 e. The molecule has 1 aromatic carbocycles. The Kier molecular flexibility index (Phi) is 7.82. The maximum Gasteiger partial charge on any atom is 0.303 e. The summed E-state index contributed by atoms with van der Waals surface area (Å²) in [5, 5.41) is 11.3. The molecule has 0 aliphatic carbocycles. The van der Waals surface area contributed by atoms with Crippen LogP contribution in [0.25, 0.3) is 0 Å². The fourth-order valence-corrected chi connectivity index (χ4v) is 2.08. The summed E-state index contributed by atoms with van der Waals surface area (Å²) in [6, 6.07) is 7.53. The molecular formula is C15H20BrNO4. The van der Waals surface area contributed by atoms with Crippen LogP contribution in [0.15, 0.2) is 28.7 Å². The molecule has 5 nitrogen and oxygen atoms in total. The topological polar surface area (TPSA) is 75.6 Å². The SMILES string of the molecule is CC(CNC(=O)CCCCC(=O)O)Oc1ccccc1Br. The van der Waals surface area contributed by atoms with Crippen molar-refractivity contribution in [2.75, 3.05) is 6.54 Å². The number of aliphatic carboxylic acids is 1. The molecule has 1 amide bonds. The van der Waals surface area contributed by atoms with Gasteiger partial charge in [-0.05, 0) is 47.8 Å². The van der Waals surface area contributed by atoms with E-state index in [1.807, 2.05) is 31.2 Å². The second kappa shape index (κ2) is 9.39. The molecule has 0 aromatic heterocycles. The lowest BCUT2D eigenvalue weighted by Gasteiger charge is -2.16. The van der Waals surface area contributed by atoms with E-state index >= 15 is 0 Å². The van der Waals surface area contributed by atoms with Crippen LogP contribution >= 0.6 is 15.9 Å². The Morgan fingerprint density at radius 1 is 1.29 bits per heavy atom. The van der Waals surface area contributed by atoms with Crippen molar-refractivity contribution in [2.24, 2.45) is 0 Å². The summed E-state index contributed by atoms with van der Waals surface area (Å²) in [6.45, 7) is 2.29. The third-order valence-corrected chi connectivity index (χ3v) is 3.45. The maximum atomic E-state index is 11.6. The number of para-hydroxylation sites is 1. The zero-order valence-electron chi connectivity index (χ0n) is 12.0. The standard InChI is InChI=1S/C15H20BrNO4/c1-11(21-13-7-3-2-6-12(13)16)10-17-14(18)8-4-5-9-15(19)20/h2-3,6-7,11H,4-5,8-10H2,1H3,(H,17,18)(H,19,20). The number of nitrogens with one attached hydrogen (secondary N) is 1. The molecule has 21 heavy (non-hydrogen) atoms. The van der Waals surface area contributed by atoms with Crippen LogP contribution in [0.3, 0.4) is 0 Å². The fourth-order valence-electron chi connectivity index (χ4n) is 1.71. The van der Waals surface area contributed by atoms with Gasteiger partial charge in [-0.2, -0.15) is 0 Å². The Morgan fingerprint density at radius 2 is 1.95 bits per heavy atom. The number of ether oxygens (including phenoxy) is 1. The summed E-state index contributed by atoms with van der Waals surface area (Å²) < 4.78 is 6.59. The molecule has 0 bridgehead atoms. The van der Waals surface area contributed by atoms with E-state index in [0.29, 0.717) is 25.8 Å². The van der Waals surface area contributed by atoms with Crippen LogP contribution in [0.1, 0.15) is 32.6 Å². The summed E-state index contributed by atoms with van der Waals surface area (Å²) in [6.07, 6.45) is 1.40. The fraction of sp³-hybridized carbons (Fsp3) is 0.467. The summed E-state index contributed by atoms with van der Waals surface area (Å²) in [5.74, 6) is -0.172. The van der Waals surface area contributed by atoms with E-state index in [2.05, 4.69) is 21.2 Å². The number of benzene rings is 1. The lowest BCUT2D eigenvalue weighted by atomic mass is 10.2. The number of hydrogen-bond acceptors (Lipinski definition) is 3. The van der Waals surface area contributed by atoms with Crippen molar-refractivity contribution < 1.29 is 19.4 Å². The first kappa shape index (κ1) is 17.5. The number of carbonyl (C=O) groups is 2. The molecule has 0 radical (unpaired) electrons. The van der Waals surface area contributed by atoms with Gasteiger partial charge in [0.15, 0.2) is 0 Å². The van der Waals surface area contributed by atoms with Gasteiger partial charge < -0.3 is 15.2 Å². The van der Waals surface area contributed by atoms with Gasteiger partial charge in [-0.15, -0.1) is 0 Å². The van der Waals surface area contributed by atoms with Crippen LogP contribution < -0.4 is 10.1 Å². The normalized spacial score (nSPS) is 11.7. The maximum absolute atomic E-state index is 11.6. The number of amides is 1. The quantitative estimate of drug-likeness (QED) is 0.666. The molecule has 0 aliphatic heterocycles. The predicted octanol–water partition coefficient (Wildman–Crippen LogP) is 2.98. The van der Waals surface area contributed by atoms with E-state index in [1.54, 1.807) is 0 Å². The molecule has 0 heterocycles. The Hall–Kier alpha value is -1.56. The highest BCUT2D eigenvalue weighted by Crippen LogP contribution is 2.24. The Labute approximate surface area is 132 Å². The second-order valence-electron chi connectivity index (χ2n) is 4.76. The van der Waals surface area contributed by atoms with Crippen LogP contribution in [-0.2, 0) is 9.59 Å². The molecule has 6 heteroatoms. The van der Waals surface area contributed by atoms with E-state index in [9.17, 15) is 9.59 Å². The van der Waals surface area contributed by atoms with Gasteiger partial charge >= 0.3 is 5.97 Å². The molecular weight excluding hydrogens is 338 g/mol. The van der Waals surface area contributed by atoms with Gasteiger partial charge in [-0.25, -0.2) is 0 Å². The van der Waals surface area contributed by atoms with Gasteiger partial charge in [0, 0.05) is 12.8 Å². The van der Waals surface area contributed by atoms with E-state index in [4.69, 9.17) is 9.84 Å². The van der Waals surface area contributed by atoms with Crippen LogP contribution in [0.5, 0.6) is 5.75 Å². The highest BCUT2D eigenvalue weighted by molar-refractivity contribution is 9.10. The molecule has 0 fully saturated rings. The van der Waals surface area contributed by atoms with E-state index in [0.717, 1.165) is 10.2 Å². The first-order valence-electron chi connectivity index (χ1n) is 6.88. The number of carbonyl (C=O) groups excluding carboxylic acids is 1. The van der Waals surface area contributed by atoms with Crippen molar-refractivity contribution in [3.63, 3.8) is 0 Å². The monoisotopic (exact) mass is 357 g/mol. The molecule has 1 aromatic rings. The Bertz CT molecular complexity index is 478. The van der Waals surface area contributed by atoms with Gasteiger partial charge in [-0.3, -0.25) is 9.59 Å². The number of carboxylic acids is 1. The minimum absolute atomic E-state index is 0.0806. The number of unbranched alkanes of at least 4 members (excludes halogenated alkanes) is 1. The number of rotatable bonds is 9. The van der Waals surface area contributed by atoms with Crippen LogP contribution in [0.2, 0.25) is 0 Å². The number of halogens is 1. The first-order valence-corrected chi connectivity index (χ1v) is 7.68. The first-order chi connectivity index (χ1) is 9.99. The lowest BCUT2D eigenvalue weighted by molar-refractivity contribution is -0.137. The van der Waals surface area contributed by atoms with Gasteiger partial charge in [-0.1, -0.05) is 12.1 Å². The van der Waals surface area contributed by atoms with Crippen LogP contribution in [0, 0.1) is 0 Å². The highest BCUT2D eigenvalue weighted by atomic mass is 79.9. The number of hydrogen-bond donors (Lipinski definition) is 2. The molecule has 116 valence electrons. The van der Waals surface area contributed by atoms with Gasteiger partial charge in [0.25, 0.3) is 0 Å². The van der Waals surface area contributed by atoms with Crippen LogP contribution in [0.4, 0.5) is 0 Å². The van der Waals surface area contributed by atoms with Gasteiger partial charge in [0.05, 0.1) is 11.0 Å². The van der Waals surface area contributed by atoms with Crippen molar-refractivity contribution >= 4 is 27.8 Å². The summed E-state index contributed by atoms with van der Waals surface area (Å²) in [7, 11) is 0. The second-order valence-corrected chi connectivity index (χ2v) is 5.62. The smallest absolute Gasteiger partial charge is 0.303 e. The average molecular weight is 358 g/mol. The molecule has 2 N–H and O–H groups in total. The van der Waals surface area contributed by atoms with Crippen LogP contribution in [-0.4, -0.2) is 29.6 Å². The Balaban J connectivity index is 2.20. The minimum atomic E-state index is -0.828. The molecule has 1 unspecified atom stereocenters. The predicted molar refractivity (Wildman–Crippen MR) is 83.3 cm³/mol. The van der Waals surface area contributed by atoms with E-state index in [-0.39, 0.29) is 18.4 Å². The van der Waals surface area contributed by atoms with E-state index in [1.165, 1.54) is 0 Å². The zero-order chi connectivity index (χ0) is 15.7. The molecule has 0 aliphatic rings. The third-order valence-electron chi connectivity index (χ3n) is 2.80. The number of carboxylic acid groups (broad SMARTS) is 1. The minimum Gasteiger partial charge on any atom is -0.488 e. The van der Waals surface area contributed by atoms with Gasteiger partial charge in [0.1, 0.15) is 11.9 Å². The van der Waals surface area contributed by atoms with Crippen molar-refractivity contribution in [1.29, 1.82) is 0 Å². The lowest BCUT2D eigenvalue weighted by Crippen LogP contribution is -2.33.